The standard InChI is InChI=1S/C11H16FNO3S/c1-3-8(2)13-17(15,16)11-6-10(12)5-4-9(11)7-14/h4-6,8,13-14H,3,7H2,1-2H3. The summed E-state index contributed by atoms with van der Waals surface area (Å²) in [5.41, 5.74) is 0.183. The van der Waals surface area contributed by atoms with Crippen LogP contribution in [-0.4, -0.2) is 19.6 Å². The van der Waals surface area contributed by atoms with Crippen LogP contribution in [0.2, 0.25) is 0 Å². The second kappa shape index (κ2) is 5.57. The summed E-state index contributed by atoms with van der Waals surface area (Å²) in [7, 11) is -3.79. The van der Waals surface area contributed by atoms with Gasteiger partial charge < -0.3 is 5.11 Å². The molecule has 1 unspecified atom stereocenters. The first-order valence-corrected chi connectivity index (χ1v) is 6.80. The van der Waals surface area contributed by atoms with Crippen molar-refractivity contribution in [2.75, 3.05) is 0 Å². The Morgan fingerprint density at radius 1 is 1.47 bits per heavy atom. The number of hydrogen-bond acceptors (Lipinski definition) is 3. The molecular formula is C11H16FNO3S. The molecule has 0 radical (unpaired) electrons. The molecule has 0 aliphatic carbocycles. The van der Waals surface area contributed by atoms with Crippen LogP contribution in [0, 0.1) is 5.82 Å². The topological polar surface area (TPSA) is 66.4 Å². The second-order valence-corrected chi connectivity index (χ2v) is 5.52. The van der Waals surface area contributed by atoms with Crippen molar-refractivity contribution in [2.45, 2.75) is 37.8 Å². The third kappa shape index (κ3) is 3.49. The van der Waals surface area contributed by atoms with E-state index in [1.165, 1.54) is 6.07 Å². The lowest BCUT2D eigenvalue weighted by Gasteiger charge is -2.14. The highest BCUT2D eigenvalue weighted by Gasteiger charge is 2.20. The molecule has 96 valence electrons. The Morgan fingerprint density at radius 3 is 2.65 bits per heavy atom. The van der Waals surface area contributed by atoms with Crippen molar-refractivity contribution < 1.29 is 17.9 Å². The van der Waals surface area contributed by atoms with Crippen molar-refractivity contribution >= 4 is 10.0 Å². The Hall–Kier alpha value is -0.980. The van der Waals surface area contributed by atoms with Crippen molar-refractivity contribution in [3.05, 3.63) is 29.6 Å². The smallest absolute Gasteiger partial charge is 0.241 e. The van der Waals surface area contributed by atoms with E-state index in [1.807, 2.05) is 6.92 Å². The van der Waals surface area contributed by atoms with Gasteiger partial charge in [0.1, 0.15) is 5.82 Å². The van der Waals surface area contributed by atoms with Crippen LogP contribution in [0.25, 0.3) is 0 Å². The highest BCUT2D eigenvalue weighted by molar-refractivity contribution is 7.89. The molecule has 0 aromatic heterocycles. The lowest BCUT2D eigenvalue weighted by molar-refractivity contribution is 0.278. The molecule has 1 aromatic carbocycles. The average Bonchev–Trinajstić information content (AvgIpc) is 2.28. The van der Waals surface area contributed by atoms with E-state index < -0.39 is 22.4 Å². The molecule has 17 heavy (non-hydrogen) atoms. The SMILES string of the molecule is CCC(C)NS(=O)(=O)c1cc(F)ccc1CO. The van der Waals surface area contributed by atoms with Crippen LogP contribution in [0.15, 0.2) is 23.1 Å². The van der Waals surface area contributed by atoms with Crippen LogP contribution in [-0.2, 0) is 16.6 Å². The summed E-state index contributed by atoms with van der Waals surface area (Å²) >= 11 is 0. The van der Waals surface area contributed by atoms with Crippen LogP contribution in [0.4, 0.5) is 4.39 Å². The molecule has 2 N–H and O–H groups in total. The summed E-state index contributed by atoms with van der Waals surface area (Å²) in [5.74, 6) is -0.647. The number of nitrogens with one attached hydrogen (secondary N) is 1. The van der Waals surface area contributed by atoms with Crippen LogP contribution in [0.3, 0.4) is 0 Å². The third-order valence-corrected chi connectivity index (χ3v) is 4.13. The molecule has 0 fully saturated rings. The second-order valence-electron chi connectivity index (χ2n) is 3.84. The molecular weight excluding hydrogens is 245 g/mol. The number of rotatable bonds is 5. The lowest BCUT2D eigenvalue weighted by atomic mass is 10.2. The van der Waals surface area contributed by atoms with Crippen LogP contribution in [0.5, 0.6) is 0 Å². The van der Waals surface area contributed by atoms with Gasteiger partial charge in [0.05, 0.1) is 11.5 Å². The van der Waals surface area contributed by atoms with E-state index in [0.717, 1.165) is 12.1 Å². The van der Waals surface area contributed by atoms with Crippen molar-refractivity contribution in [2.24, 2.45) is 0 Å². The van der Waals surface area contributed by atoms with Crippen LogP contribution < -0.4 is 4.72 Å². The van der Waals surface area contributed by atoms with Gasteiger partial charge in [-0.3, -0.25) is 0 Å². The zero-order valence-corrected chi connectivity index (χ0v) is 10.6. The number of aliphatic hydroxyl groups is 1. The summed E-state index contributed by atoms with van der Waals surface area (Å²) < 4.78 is 39.4. The number of halogens is 1. The molecule has 1 aromatic rings. The van der Waals surface area contributed by atoms with Gasteiger partial charge in [0, 0.05) is 6.04 Å². The number of benzene rings is 1. The monoisotopic (exact) mass is 261 g/mol. The van der Waals surface area contributed by atoms with Gasteiger partial charge in [-0.25, -0.2) is 17.5 Å². The first kappa shape index (κ1) is 14.1. The number of aliphatic hydroxyl groups excluding tert-OH is 1. The Morgan fingerprint density at radius 2 is 2.12 bits per heavy atom. The highest BCUT2D eigenvalue weighted by atomic mass is 32.2. The van der Waals surface area contributed by atoms with E-state index in [1.54, 1.807) is 6.92 Å². The van der Waals surface area contributed by atoms with E-state index in [9.17, 15) is 12.8 Å². The van der Waals surface area contributed by atoms with Gasteiger partial charge in [0.15, 0.2) is 0 Å². The Labute approximate surface area is 101 Å². The van der Waals surface area contributed by atoms with Gasteiger partial charge in [-0.05, 0) is 31.0 Å². The van der Waals surface area contributed by atoms with Crippen molar-refractivity contribution in [3.8, 4) is 0 Å². The quantitative estimate of drug-likeness (QED) is 0.842. The van der Waals surface area contributed by atoms with Gasteiger partial charge in [-0.2, -0.15) is 0 Å². The predicted octanol–water partition coefficient (Wildman–Crippen LogP) is 1.39. The minimum Gasteiger partial charge on any atom is -0.392 e. The maximum Gasteiger partial charge on any atom is 0.241 e. The van der Waals surface area contributed by atoms with Gasteiger partial charge >= 0.3 is 0 Å². The summed E-state index contributed by atoms with van der Waals surface area (Å²) in [6.07, 6.45) is 0.628. The predicted molar refractivity (Wildman–Crippen MR) is 62.4 cm³/mol. The van der Waals surface area contributed by atoms with Crippen molar-refractivity contribution in [3.63, 3.8) is 0 Å². The lowest BCUT2D eigenvalue weighted by Crippen LogP contribution is -2.32. The summed E-state index contributed by atoms with van der Waals surface area (Å²) in [5, 5.41) is 9.05. The molecule has 0 aliphatic rings. The number of hydrogen-bond donors (Lipinski definition) is 2. The Kier molecular flexibility index (Phi) is 4.62. The maximum absolute atomic E-state index is 13.1. The molecule has 0 saturated carbocycles. The molecule has 0 bridgehead atoms. The molecule has 1 rings (SSSR count). The fraction of sp³-hybridized carbons (Fsp3) is 0.455. The van der Waals surface area contributed by atoms with Gasteiger partial charge in [-0.15, -0.1) is 0 Å². The van der Waals surface area contributed by atoms with Gasteiger partial charge in [0.2, 0.25) is 10.0 Å². The molecule has 6 heteroatoms. The summed E-state index contributed by atoms with van der Waals surface area (Å²) in [4.78, 5) is -0.208. The Balaban J connectivity index is 3.18. The minimum atomic E-state index is -3.79. The van der Waals surface area contributed by atoms with E-state index in [2.05, 4.69) is 4.72 Å². The Bertz CT molecular complexity index is 487. The molecule has 0 heterocycles. The van der Waals surface area contributed by atoms with Crippen LogP contribution >= 0.6 is 0 Å². The summed E-state index contributed by atoms with van der Waals surface area (Å²) in [6, 6.07) is 3.06. The van der Waals surface area contributed by atoms with Crippen molar-refractivity contribution in [1.29, 1.82) is 0 Å². The van der Waals surface area contributed by atoms with Gasteiger partial charge in [-0.1, -0.05) is 13.0 Å². The summed E-state index contributed by atoms with van der Waals surface area (Å²) in [6.45, 7) is 3.11. The molecule has 4 nitrogen and oxygen atoms in total. The van der Waals surface area contributed by atoms with E-state index >= 15 is 0 Å². The highest BCUT2D eigenvalue weighted by Crippen LogP contribution is 2.17. The van der Waals surface area contributed by atoms with E-state index in [-0.39, 0.29) is 16.5 Å². The first-order chi connectivity index (χ1) is 7.90. The normalized spacial score (nSPS) is 13.6. The van der Waals surface area contributed by atoms with Crippen LogP contribution in [0.1, 0.15) is 25.8 Å². The van der Waals surface area contributed by atoms with Gasteiger partial charge in [0.25, 0.3) is 0 Å². The fourth-order valence-corrected chi connectivity index (χ4v) is 2.89. The minimum absolute atomic E-state index is 0.183. The first-order valence-electron chi connectivity index (χ1n) is 5.32. The third-order valence-electron chi connectivity index (χ3n) is 2.46. The largest absolute Gasteiger partial charge is 0.392 e. The molecule has 0 saturated heterocycles. The number of sulfonamides is 1. The fourth-order valence-electron chi connectivity index (χ4n) is 1.32. The van der Waals surface area contributed by atoms with Crippen molar-refractivity contribution in [1.82, 2.24) is 4.72 Å². The zero-order chi connectivity index (χ0) is 13.1. The van der Waals surface area contributed by atoms with E-state index in [4.69, 9.17) is 5.11 Å². The maximum atomic E-state index is 13.1. The van der Waals surface area contributed by atoms with E-state index in [0.29, 0.717) is 6.42 Å². The molecule has 0 aliphatic heterocycles. The molecule has 1 atom stereocenters. The average molecular weight is 261 g/mol. The molecule has 0 spiro atoms. The zero-order valence-electron chi connectivity index (χ0n) is 9.77. The molecule has 0 amide bonds.